The van der Waals surface area contributed by atoms with Crippen LogP contribution in [0, 0.1) is 0 Å². The second-order valence-electron chi connectivity index (χ2n) is 9.37. The first-order chi connectivity index (χ1) is 17.9. The molecule has 2 N–H and O–H groups in total. The number of hydrogen-bond acceptors (Lipinski definition) is 8. The Hall–Kier alpha value is -3.34. The first kappa shape index (κ1) is 25.3. The number of piperidine rings is 1. The van der Waals surface area contributed by atoms with Crippen LogP contribution in [-0.2, 0) is 14.6 Å². The lowest BCUT2D eigenvalue weighted by atomic mass is 10.1. The summed E-state index contributed by atoms with van der Waals surface area (Å²) < 4.78 is 31.2. The van der Waals surface area contributed by atoms with Crippen molar-refractivity contribution in [3.05, 3.63) is 66.4 Å². The summed E-state index contributed by atoms with van der Waals surface area (Å²) in [6, 6.07) is 15.7. The fourth-order valence-corrected chi connectivity index (χ4v) is 6.36. The molecule has 0 spiro atoms. The Bertz CT molecular complexity index is 1330. The van der Waals surface area contributed by atoms with Gasteiger partial charge in [0, 0.05) is 49.3 Å². The van der Waals surface area contributed by atoms with Crippen LogP contribution in [0.1, 0.15) is 36.0 Å². The largest absolute Gasteiger partial charge is 0.393 e. The molecule has 2 saturated heterocycles. The number of rotatable bonds is 6. The molecule has 1 aromatic heterocycles. The van der Waals surface area contributed by atoms with Gasteiger partial charge in [-0.3, -0.25) is 4.79 Å². The number of carbonyl (C=O) groups is 1. The van der Waals surface area contributed by atoms with Crippen LogP contribution in [0.25, 0.3) is 11.3 Å². The van der Waals surface area contributed by atoms with E-state index in [1.54, 1.807) is 65.7 Å². The molecule has 0 radical (unpaired) electrons. The molecule has 3 heterocycles. The molecule has 0 atom stereocenters. The van der Waals surface area contributed by atoms with E-state index >= 15 is 0 Å². The third kappa shape index (κ3) is 5.82. The molecular formula is C27H30N4O5S. The highest BCUT2D eigenvalue weighted by atomic mass is 32.2. The molecule has 10 heteroatoms. The fourth-order valence-electron chi connectivity index (χ4n) is 4.65. The highest BCUT2D eigenvalue weighted by molar-refractivity contribution is 7.92. The molecule has 5 rings (SSSR count). The van der Waals surface area contributed by atoms with E-state index in [2.05, 4.69) is 15.3 Å². The fraction of sp³-hybridized carbons (Fsp3) is 0.370. The highest BCUT2D eigenvalue weighted by Crippen LogP contribution is 2.27. The zero-order chi connectivity index (χ0) is 25.8. The second kappa shape index (κ2) is 11.0. The number of nitrogens with one attached hydrogen (secondary N) is 1. The number of amides is 1. The maximum absolute atomic E-state index is 12.9. The Morgan fingerprint density at radius 2 is 1.62 bits per heavy atom. The summed E-state index contributed by atoms with van der Waals surface area (Å²) in [4.78, 5) is 23.6. The Morgan fingerprint density at radius 3 is 2.30 bits per heavy atom. The van der Waals surface area contributed by atoms with Gasteiger partial charge in [0.2, 0.25) is 5.95 Å². The van der Waals surface area contributed by atoms with E-state index in [1.165, 1.54) is 0 Å². The molecule has 0 unspecified atom stereocenters. The van der Waals surface area contributed by atoms with E-state index in [1.807, 2.05) is 0 Å². The van der Waals surface area contributed by atoms with E-state index in [-0.39, 0.29) is 12.0 Å². The Morgan fingerprint density at radius 1 is 0.946 bits per heavy atom. The second-order valence-corrected chi connectivity index (χ2v) is 11.6. The first-order valence-corrected chi connectivity index (χ1v) is 14.0. The zero-order valence-corrected chi connectivity index (χ0v) is 21.2. The maximum atomic E-state index is 12.9. The van der Waals surface area contributed by atoms with Crippen molar-refractivity contribution >= 4 is 27.4 Å². The third-order valence-electron chi connectivity index (χ3n) is 6.88. The summed E-state index contributed by atoms with van der Waals surface area (Å²) in [5.41, 5.74) is 2.77. The predicted molar refractivity (Wildman–Crippen MR) is 139 cm³/mol. The van der Waals surface area contributed by atoms with E-state index in [4.69, 9.17) is 4.74 Å². The number of aromatic nitrogens is 2. The molecule has 0 saturated carbocycles. The van der Waals surface area contributed by atoms with E-state index in [0.717, 1.165) is 11.3 Å². The number of anilines is 2. The first-order valence-electron chi connectivity index (χ1n) is 12.5. The van der Waals surface area contributed by atoms with Gasteiger partial charge in [0.1, 0.15) is 0 Å². The summed E-state index contributed by atoms with van der Waals surface area (Å²) in [6.45, 7) is 2.06. The van der Waals surface area contributed by atoms with Crippen molar-refractivity contribution in [2.45, 2.75) is 41.9 Å². The van der Waals surface area contributed by atoms with Crippen LogP contribution in [-0.4, -0.2) is 72.0 Å². The molecule has 0 aliphatic carbocycles. The average Bonchev–Trinajstić information content (AvgIpc) is 2.94. The number of sulfone groups is 1. The van der Waals surface area contributed by atoms with Gasteiger partial charge in [-0.05, 0) is 68.1 Å². The molecule has 2 fully saturated rings. The molecule has 37 heavy (non-hydrogen) atoms. The smallest absolute Gasteiger partial charge is 0.253 e. The van der Waals surface area contributed by atoms with Gasteiger partial charge in [-0.2, -0.15) is 0 Å². The van der Waals surface area contributed by atoms with Crippen molar-refractivity contribution in [1.82, 2.24) is 14.9 Å². The molecule has 0 bridgehead atoms. The van der Waals surface area contributed by atoms with Crippen molar-refractivity contribution in [2.24, 2.45) is 0 Å². The van der Waals surface area contributed by atoms with Crippen molar-refractivity contribution in [1.29, 1.82) is 0 Å². The van der Waals surface area contributed by atoms with Crippen LogP contribution in [0.2, 0.25) is 0 Å². The molecule has 2 aliphatic heterocycles. The Balaban J connectivity index is 1.25. The third-order valence-corrected chi connectivity index (χ3v) is 9.16. The van der Waals surface area contributed by atoms with Gasteiger partial charge in [-0.15, -0.1) is 0 Å². The molecule has 194 valence electrons. The van der Waals surface area contributed by atoms with Crippen molar-refractivity contribution in [2.75, 3.05) is 31.6 Å². The predicted octanol–water partition coefficient (Wildman–Crippen LogP) is 3.44. The van der Waals surface area contributed by atoms with Crippen molar-refractivity contribution in [3.63, 3.8) is 0 Å². The van der Waals surface area contributed by atoms with Gasteiger partial charge in [0.25, 0.3) is 5.91 Å². The lowest BCUT2D eigenvalue weighted by Gasteiger charge is -2.29. The highest BCUT2D eigenvalue weighted by Gasteiger charge is 2.29. The number of aliphatic hydroxyl groups excluding tert-OH is 1. The number of carbonyl (C=O) groups excluding carboxylic acids is 1. The van der Waals surface area contributed by atoms with E-state index in [0.29, 0.717) is 74.1 Å². The van der Waals surface area contributed by atoms with Crippen LogP contribution in [0.3, 0.4) is 0 Å². The van der Waals surface area contributed by atoms with E-state index < -0.39 is 15.1 Å². The van der Waals surface area contributed by atoms with Gasteiger partial charge >= 0.3 is 0 Å². The summed E-state index contributed by atoms with van der Waals surface area (Å²) >= 11 is 0. The summed E-state index contributed by atoms with van der Waals surface area (Å²) in [7, 11) is -3.39. The Labute approximate surface area is 216 Å². The molecule has 3 aromatic rings. The monoisotopic (exact) mass is 522 g/mol. The minimum atomic E-state index is -3.39. The number of benzene rings is 2. The SMILES string of the molecule is O=C(c1ccc(Nc2nccc(-c3ccc(S(=O)(=O)C4CCOCC4)cc3)n2)cc1)N1CCC(O)CC1. The van der Waals surface area contributed by atoms with Crippen molar-refractivity contribution in [3.8, 4) is 11.3 Å². The average molecular weight is 523 g/mol. The standard InChI is InChI=1S/C27H30N4O5S/c32-22-10-15-31(16-11-22)26(33)20-1-5-21(6-2-20)29-27-28-14-9-25(30-27)19-3-7-23(8-4-19)37(34,35)24-12-17-36-18-13-24/h1-9,14,22,24,32H,10-13,15-18H2,(H,28,29,30). The van der Waals surface area contributed by atoms with Crippen molar-refractivity contribution < 1.29 is 23.1 Å². The molecule has 2 aliphatic rings. The molecule has 2 aromatic carbocycles. The number of hydrogen-bond donors (Lipinski definition) is 2. The van der Waals surface area contributed by atoms with Crippen LogP contribution in [0.5, 0.6) is 0 Å². The Kier molecular flexibility index (Phi) is 7.50. The minimum absolute atomic E-state index is 0.0426. The number of aliphatic hydroxyl groups is 1. The lowest BCUT2D eigenvalue weighted by Crippen LogP contribution is -2.40. The lowest BCUT2D eigenvalue weighted by molar-refractivity contribution is 0.0546. The number of nitrogens with zero attached hydrogens (tertiary/aromatic N) is 3. The van der Waals surface area contributed by atoms with E-state index in [9.17, 15) is 18.3 Å². The van der Waals surface area contributed by atoms with Gasteiger partial charge in [-0.1, -0.05) is 12.1 Å². The normalized spacial score (nSPS) is 17.5. The molecule has 9 nitrogen and oxygen atoms in total. The topological polar surface area (TPSA) is 122 Å². The van der Waals surface area contributed by atoms with Gasteiger partial charge in [0.15, 0.2) is 9.84 Å². The van der Waals surface area contributed by atoms with Crippen LogP contribution >= 0.6 is 0 Å². The van der Waals surface area contributed by atoms with Gasteiger partial charge < -0.3 is 20.1 Å². The number of likely N-dealkylation sites (tertiary alicyclic amines) is 1. The summed E-state index contributed by atoms with van der Waals surface area (Å²) in [5.74, 6) is 0.347. The summed E-state index contributed by atoms with van der Waals surface area (Å²) in [5, 5.41) is 12.4. The number of ether oxygens (including phenoxy) is 1. The van der Waals surface area contributed by atoms with Gasteiger partial charge in [0.05, 0.1) is 21.9 Å². The quantitative estimate of drug-likeness (QED) is 0.505. The van der Waals surface area contributed by atoms with Crippen LogP contribution < -0.4 is 5.32 Å². The maximum Gasteiger partial charge on any atom is 0.253 e. The summed E-state index contributed by atoms with van der Waals surface area (Å²) in [6.07, 6.45) is 3.56. The minimum Gasteiger partial charge on any atom is -0.393 e. The molecule has 1 amide bonds. The molecular weight excluding hydrogens is 492 g/mol. The van der Waals surface area contributed by atoms with Crippen LogP contribution in [0.15, 0.2) is 65.7 Å². The van der Waals surface area contributed by atoms with Gasteiger partial charge in [-0.25, -0.2) is 18.4 Å². The zero-order valence-electron chi connectivity index (χ0n) is 20.4. The van der Waals surface area contributed by atoms with Crippen LogP contribution in [0.4, 0.5) is 11.6 Å².